The van der Waals surface area contributed by atoms with Gasteiger partial charge in [-0.3, -0.25) is 4.79 Å². The Labute approximate surface area is 225 Å². The molecule has 17 nitrogen and oxygen atoms in total. The molecule has 0 aromatic carbocycles. The van der Waals surface area contributed by atoms with Crippen LogP contribution in [0.2, 0.25) is 0 Å². The largest absolute Gasteiger partial charge is 0.394 e. The Morgan fingerprint density at radius 2 is 1.56 bits per heavy atom. The van der Waals surface area contributed by atoms with Gasteiger partial charge in [-0.2, -0.15) is 0 Å². The second-order valence-electron chi connectivity index (χ2n) is 10.3. The summed E-state index contributed by atoms with van der Waals surface area (Å²) in [6, 6.07) is -4.65. The van der Waals surface area contributed by atoms with Gasteiger partial charge in [-0.25, -0.2) is 0 Å². The molecule has 39 heavy (non-hydrogen) atoms. The van der Waals surface area contributed by atoms with Crippen molar-refractivity contribution in [3.05, 3.63) is 0 Å². The van der Waals surface area contributed by atoms with Crippen molar-refractivity contribution < 1.29 is 54.4 Å². The van der Waals surface area contributed by atoms with Gasteiger partial charge in [0.2, 0.25) is 5.91 Å². The fraction of sp³-hybridized carbons (Fsp3) is 0.955. The molecule has 0 aromatic rings. The Morgan fingerprint density at radius 3 is 2.18 bits per heavy atom. The van der Waals surface area contributed by atoms with Crippen LogP contribution in [0.25, 0.3) is 0 Å². The van der Waals surface area contributed by atoms with Crippen molar-refractivity contribution in [2.75, 3.05) is 19.7 Å². The first-order valence-corrected chi connectivity index (χ1v) is 13.0. The zero-order valence-corrected chi connectivity index (χ0v) is 21.5. The van der Waals surface area contributed by atoms with E-state index in [2.05, 4.69) is 5.32 Å². The van der Waals surface area contributed by atoms with E-state index in [1.165, 1.54) is 0 Å². The number of rotatable bonds is 10. The summed E-state index contributed by atoms with van der Waals surface area (Å²) in [6.07, 6.45) is -14.1. The Balaban J connectivity index is 1.88. The van der Waals surface area contributed by atoms with Crippen molar-refractivity contribution in [3.63, 3.8) is 0 Å². The number of hydrogen-bond acceptors (Lipinski definition) is 16. The van der Waals surface area contributed by atoms with E-state index in [0.717, 1.165) is 0 Å². The highest BCUT2D eigenvalue weighted by molar-refractivity contribution is 5.81. The van der Waals surface area contributed by atoms with Gasteiger partial charge < -0.3 is 83.6 Å². The molecular weight excluding hydrogens is 524 g/mol. The average molecular weight is 569 g/mol. The van der Waals surface area contributed by atoms with E-state index in [1.807, 2.05) is 0 Å². The molecule has 2 heterocycles. The highest BCUT2D eigenvalue weighted by Crippen LogP contribution is 2.31. The normalized spacial score (nSPS) is 46.0. The van der Waals surface area contributed by atoms with Crippen molar-refractivity contribution in [1.82, 2.24) is 5.32 Å². The number of nitrogens with one attached hydrogen (secondary N) is 1. The predicted octanol–water partition coefficient (Wildman–Crippen LogP) is -7.43. The Kier molecular flexibility index (Phi) is 11.8. The molecule has 0 bridgehead atoms. The minimum absolute atomic E-state index is 0.00387. The van der Waals surface area contributed by atoms with E-state index in [0.29, 0.717) is 12.8 Å². The van der Waals surface area contributed by atoms with E-state index in [1.54, 1.807) is 0 Å². The number of nitrogens with two attached hydrogens (primary N) is 5. The lowest BCUT2D eigenvalue weighted by molar-refractivity contribution is -0.319. The van der Waals surface area contributed by atoms with Crippen LogP contribution in [-0.4, -0.2) is 148 Å². The molecule has 3 aliphatic rings. The third-order valence-electron chi connectivity index (χ3n) is 7.50. The van der Waals surface area contributed by atoms with Gasteiger partial charge in [0.15, 0.2) is 12.6 Å². The van der Waals surface area contributed by atoms with E-state index in [-0.39, 0.29) is 25.6 Å². The van der Waals surface area contributed by atoms with Crippen molar-refractivity contribution >= 4 is 5.91 Å². The summed E-state index contributed by atoms with van der Waals surface area (Å²) < 4.78 is 23.0. The number of aliphatic hydroxyl groups is 6. The molecular formula is C22H44N6O11. The van der Waals surface area contributed by atoms with Crippen LogP contribution in [0.15, 0.2) is 0 Å². The highest BCUT2D eigenvalue weighted by atomic mass is 16.7. The third-order valence-corrected chi connectivity index (χ3v) is 7.50. The van der Waals surface area contributed by atoms with Gasteiger partial charge in [0.05, 0.1) is 43.0 Å². The molecule has 2 saturated heterocycles. The summed E-state index contributed by atoms with van der Waals surface area (Å²) >= 11 is 0. The zero-order valence-electron chi connectivity index (χ0n) is 21.5. The molecule has 0 radical (unpaired) electrons. The molecule has 3 fully saturated rings. The van der Waals surface area contributed by atoms with Gasteiger partial charge in [0, 0.05) is 6.54 Å². The maximum atomic E-state index is 12.6. The lowest BCUT2D eigenvalue weighted by Gasteiger charge is -2.50. The van der Waals surface area contributed by atoms with Gasteiger partial charge in [-0.05, 0) is 25.8 Å². The van der Waals surface area contributed by atoms with Crippen molar-refractivity contribution in [1.29, 1.82) is 0 Å². The summed E-state index contributed by atoms with van der Waals surface area (Å²) in [7, 11) is 0. The van der Waals surface area contributed by atoms with E-state index in [4.69, 9.17) is 47.6 Å². The number of hydrogen-bond donors (Lipinski definition) is 12. The van der Waals surface area contributed by atoms with E-state index in [9.17, 15) is 35.4 Å². The Morgan fingerprint density at radius 1 is 0.897 bits per heavy atom. The molecule has 1 amide bonds. The standard InChI is InChI=1S/C22H44N6O11/c23-4-3-9(30)20(35)28-13-15(32)12(27)18(38-21-8(25)2-1-7(5-24)36-21)17(34)19(13)39-22-16(33)11(26)14(31)10(6-29)37-22/h7-19,21-22,29-34H,1-6,23-27H2,(H,28,35)/t7-,8+,9-,10+,11-,12-,13+,14+,15-,16+,17-,18+,19-,21?,22+/m0/s1. The van der Waals surface area contributed by atoms with Crippen molar-refractivity contribution in [2.24, 2.45) is 28.7 Å². The zero-order chi connectivity index (χ0) is 29.0. The summed E-state index contributed by atoms with van der Waals surface area (Å²) in [5, 5.41) is 65.3. The number of carbonyl (C=O) groups excluding carboxylic acids is 1. The third kappa shape index (κ3) is 7.21. The van der Waals surface area contributed by atoms with Crippen LogP contribution in [0.4, 0.5) is 0 Å². The fourth-order valence-corrected chi connectivity index (χ4v) is 5.03. The lowest BCUT2D eigenvalue weighted by Crippen LogP contribution is -2.74. The summed E-state index contributed by atoms with van der Waals surface area (Å²) in [6.45, 7) is -0.469. The molecule has 2 aliphatic heterocycles. The van der Waals surface area contributed by atoms with Crippen molar-refractivity contribution in [2.45, 2.75) is 111 Å². The number of amides is 1. The van der Waals surface area contributed by atoms with Crippen LogP contribution in [0.5, 0.6) is 0 Å². The fourth-order valence-electron chi connectivity index (χ4n) is 5.03. The van der Waals surface area contributed by atoms with Crippen LogP contribution >= 0.6 is 0 Å². The average Bonchev–Trinajstić information content (AvgIpc) is 2.92. The van der Waals surface area contributed by atoms with Gasteiger partial charge >= 0.3 is 0 Å². The molecule has 15 atom stereocenters. The monoisotopic (exact) mass is 568 g/mol. The molecule has 17 N–H and O–H groups in total. The smallest absolute Gasteiger partial charge is 0.249 e. The van der Waals surface area contributed by atoms with E-state index >= 15 is 0 Å². The molecule has 0 spiro atoms. The lowest BCUT2D eigenvalue weighted by atomic mass is 9.81. The van der Waals surface area contributed by atoms with Crippen LogP contribution in [-0.2, 0) is 23.7 Å². The van der Waals surface area contributed by atoms with Gasteiger partial charge in [0.1, 0.15) is 42.7 Å². The van der Waals surface area contributed by atoms with Gasteiger partial charge in [0.25, 0.3) is 0 Å². The van der Waals surface area contributed by atoms with Crippen molar-refractivity contribution in [3.8, 4) is 0 Å². The summed E-state index contributed by atoms with van der Waals surface area (Å²) in [4.78, 5) is 12.6. The molecule has 1 aliphatic carbocycles. The quantitative estimate of drug-likeness (QED) is 0.116. The Bertz CT molecular complexity index is 787. The summed E-state index contributed by atoms with van der Waals surface area (Å²) in [5.74, 6) is -0.925. The first-order chi connectivity index (χ1) is 18.4. The molecule has 3 rings (SSSR count). The predicted molar refractivity (Wildman–Crippen MR) is 132 cm³/mol. The summed E-state index contributed by atoms with van der Waals surface area (Å²) in [5.41, 5.74) is 29.4. The van der Waals surface area contributed by atoms with Crippen LogP contribution in [0, 0.1) is 0 Å². The molecule has 228 valence electrons. The highest BCUT2D eigenvalue weighted by Gasteiger charge is 2.54. The molecule has 1 saturated carbocycles. The topological polar surface area (TPSA) is 317 Å². The minimum atomic E-state index is -1.68. The SMILES string of the molecule is NCC[C@H](O)C(=O)N[C@@H]1[C@@H](O)[C@H](N)[C@@H](OC2O[C@H](CN)CC[C@H]2N)[C@H](O)[C@H]1O[C@H]1O[C@H](CO)[C@@H](O)[C@H](N)[C@H]1O. The van der Waals surface area contributed by atoms with Crippen LogP contribution < -0.4 is 34.0 Å². The second kappa shape index (κ2) is 14.2. The van der Waals surface area contributed by atoms with Gasteiger partial charge in [-0.1, -0.05) is 0 Å². The number of ether oxygens (including phenoxy) is 4. The molecule has 0 aromatic heterocycles. The Hall–Kier alpha value is -1.13. The minimum Gasteiger partial charge on any atom is -0.394 e. The molecule has 1 unspecified atom stereocenters. The maximum Gasteiger partial charge on any atom is 0.249 e. The van der Waals surface area contributed by atoms with Crippen LogP contribution in [0.3, 0.4) is 0 Å². The van der Waals surface area contributed by atoms with Crippen LogP contribution in [0.1, 0.15) is 19.3 Å². The van der Waals surface area contributed by atoms with E-state index < -0.39 is 98.1 Å². The first-order valence-electron chi connectivity index (χ1n) is 13.0. The number of aliphatic hydroxyl groups excluding tert-OH is 6. The first kappa shape index (κ1) is 32.4. The molecule has 17 heteroatoms. The maximum absolute atomic E-state index is 12.6. The van der Waals surface area contributed by atoms with Gasteiger partial charge in [-0.15, -0.1) is 0 Å². The second-order valence-corrected chi connectivity index (χ2v) is 10.3. The number of carbonyl (C=O) groups is 1.